The van der Waals surface area contributed by atoms with Gasteiger partial charge in [0, 0.05) is 38.2 Å². The molecule has 6 aromatic rings. The Morgan fingerprint density at radius 3 is 2.02 bits per heavy atom. The molecule has 0 spiro atoms. The molecule has 1 radical (unpaired) electrons. The van der Waals surface area contributed by atoms with E-state index in [1.54, 1.807) is 0 Å². The van der Waals surface area contributed by atoms with Crippen molar-refractivity contribution in [2.24, 2.45) is 5.41 Å². The van der Waals surface area contributed by atoms with Crippen LogP contribution >= 0.6 is 0 Å². The minimum absolute atomic E-state index is 0. The second-order valence-electron chi connectivity index (χ2n) is 15.4. The maximum Gasteiger partial charge on any atom is 0.138 e. The van der Waals surface area contributed by atoms with Gasteiger partial charge in [-0.25, -0.2) is 0 Å². The Balaban J connectivity index is 0.000000202. The zero-order valence-electron chi connectivity index (χ0n) is 30.5. The van der Waals surface area contributed by atoms with Gasteiger partial charge in [0.1, 0.15) is 11.5 Å². The Hall–Kier alpha value is -4.77. The van der Waals surface area contributed by atoms with Crippen molar-refractivity contribution in [3.8, 4) is 45.5 Å². The normalized spacial score (nSPS) is 12.5. The quantitative estimate of drug-likeness (QED) is 0.166. The molecule has 0 aliphatic carbocycles. The summed E-state index contributed by atoms with van der Waals surface area (Å²) >= 11 is 0. The van der Waals surface area contributed by atoms with Crippen molar-refractivity contribution >= 4 is 17.1 Å². The third-order valence-corrected chi connectivity index (χ3v) is 8.87. The van der Waals surface area contributed by atoms with Gasteiger partial charge in [-0.15, -0.1) is 47.5 Å². The molecule has 0 fully saturated rings. The molecule has 0 amide bonds. The van der Waals surface area contributed by atoms with E-state index in [9.17, 15) is 0 Å². The molecule has 0 saturated heterocycles. The van der Waals surface area contributed by atoms with Gasteiger partial charge >= 0.3 is 0 Å². The molecule has 5 nitrogen and oxygen atoms in total. The van der Waals surface area contributed by atoms with Crippen molar-refractivity contribution in [2.45, 2.75) is 67.2 Å². The molecule has 8 rings (SSSR count). The molecule has 0 saturated carbocycles. The summed E-state index contributed by atoms with van der Waals surface area (Å²) in [5, 5.41) is 0. The first-order chi connectivity index (χ1) is 23.9. The first-order valence-corrected chi connectivity index (χ1v) is 17.2. The van der Waals surface area contributed by atoms with Gasteiger partial charge in [-0.3, -0.25) is 0 Å². The predicted molar refractivity (Wildman–Crippen MR) is 203 cm³/mol. The van der Waals surface area contributed by atoms with Crippen molar-refractivity contribution in [1.82, 2.24) is 9.97 Å². The fourth-order valence-corrected chi connectivity index (χ4v) is 6.62. The third kappa shape index (κ3) is 7.49. The molecule has 2 aromatic heterocycles. The van der Waals surface area contributed by atoms with Crippen LogP contribution in [0.25, 0.3) is 22.5 Å². The van der Waals surface area contributed by atoms with Gasteiger partial charge in [-0.1, -0.05) is 102 Å². The first kappa shape index (κ1) is 36.0. The van der Waals surface area contributed by atoms with Crippen LogP contribution in [-0.2, 0) is 31.9 Å². The zero-order valence-corrected chi connectivity index (χ0v) is 32.9. The Bertz CT molecular complexity index is 2190. The number of hydrogen-bond donors (Lipinski definition) is 0. The number of nitrogens with zero attached hydrogens (tertiary/aromatic N) is 3. The standard InChI is InChI=1S/C28H23N2O2.C17H20N.Ir/c1-28(2,3)17-18-14-15-29-20(16-18)19-12-13-25-26-27(19)32-24-11-7-5-9-22(24)30(26)21-8-4-6-10-23(21)31-25;1-12-6-8-14(9-7-12)16-10-13(2)15(11-18-16)17(3,4)5;/h4-11,13-16H,17H2,1-3H3;6-8,10-11H,1-5H3;/q2*-1;. The topological polar surface area (TPSA) is 47.5 Å². The maximum atomic E-state index is 6.47. The van der Waals surface area contributed by atoms with Crippen LogP contribution < -0.4 is 14.4 Å². The summed E-state index contributed by atoms with van der Waals surface area (Å²) in [4.78, 5) is 11.5. The summed E-state index contributed by atoms with van der Waals surface area (Å²) in [6.45, 7) is 17.6. The van der Waals surface area contributed by atoms with Crippen LogP contribution in [0.3, 0.4) is 0 Å². The number of aryl methyl sites for hydroxylation is 2. The molecule has 51 heavy (non-hydrogen) atoms. The fourth-order valence-electron chi connectivity index (χ4n) is 6.62. The van der Waals surface area contributed by atoms with Crippen LogP contribution in [0.1, 0.15) is 63.8 Å². The second-order valence-corrected chi connectivity index (χ2v) is 15.4. The van der Waals surface area contributed by atoms with E-state index in [0.29, 0.717) is 0 Å². The zero-order chi connectivity index (χ0) is 35.2. The third-order valence-electron chi connectivity index (χ3n) is 8.87. The minimum atomic E-state index is 0. The maximum absolute atomic E-state index is 6.47. The number of hydrogen-bond acceptors (Lipinski definition) is 5. The molecule has 0 atom stereocenters. The molecule has 6 heteroatoms. The summed E-state index contributed by atoms with van der Waals surface area (Å²) in [6.07, 6.45) is 4.84. The minimum Gasteiger partial charge on any atom is -0.497 e. The van der Waals surface area contributed by atoms with Gasteiger partial charge in [-0.05, 0) is 71.5 Å². The van der Waals surface area contributed by atoms with Gasteiger partial charge in [0.25, 0.3) is 0 Å². The van der Waals surface area contributed by atoms with Crippen molar-refractivity contribution in [1.29, 1.82) is 0 Å². The van der Waals surface area contributed by atoms with E-state index in [1.165, 1.54) is 22.3 Å². The summed E-state index contributed by atoms with van der Waals surface area (Å²) < 4.78 is 12.7. The molecule has 2 aliphatic heterocycles. The first-order valence-electron chi connectivity index (χ1n) is 17.2. The van der Waals surface area contributed by atoms with Crippen LogP contribution in [-0.4, -0.2) is 9.97 Å². The molecular weight excluding hydrogens is 807 g/mol. The van der Waals surface area contributed by atoms with Crippen molar-refractivity contribution in [3.63, 3.8) is 0 Å². The number of rotatable bonds is 3. The van der Waals surface area contributed by atoms with Crippen LogP contribution in [0.2, 0.25) is 0 Å². The largest absolute Gasteiger partial charge is 0.497 e. The second kappa shape index (κ2) is 14.1. The van der Waals surface area contributed by atoms with E-state index in [4.69, 9.17) is 9.47 Å². The monoisotopic (exact) mass is 850 g/mol. The van der Waals surface area contributed by atoms with Crippen LogP contribution in [0.4, 0.5) is 17.1 Å². The van der Waals surface area contributed by atoms with E-state index in [1.807, 2.05) is 60.9 Å². The predicted octanol–water partition coefficient (Wildman–Crippen LogP) is 12.3. The van der Waals surface area contributed by atoms with E-state index >= 15 is 0 Å². The van der Waals surface area contributed by atoms with Gasteiger partial charge < -0.3 is 24.3 Å². The molecule has 0 bridgehead atoms. The number of anilines is 3. The average molecular weight is 850 g/mol. The van der Waals surface area contributed by atoms with Gasteiger partial charge in [-0.2, -0.15) is 0 Å². The van der Waals surface area contributed by atoms with Crippen molar-refractivity contribution in [2.75, 3.05) is 4.90 Å². The molecule has 0 unspecified atom stereocenters. The Morgan fingerprint density at radius 1 is 0.706 bits per heavy atom. The van der Waals surface area contributed by atoms with Crippen LogP contribution in [0, 0.1) is 31.4 Å². The van der Waals surface area contributed by atoms with Gasteiger partial charge in [0.05, 0.1) is 22.9 Å². The summed E-state index contributed by atoms with van der Waals surface area (Å²) in [5.41, 5.74) is 12.0. The molecular formula is C45H43IrN3O2-2. The van der Waals surface area contributed by atoms with Gasteiger partial charge in [0.15, 0.2) is 0 Å². The molecule has 4 aromatic carbocycles. The number of aromatic nitrogens is 2. The van der Waals surface area contributed by atoms with Crippen LogP contribution in [0.15, 0.2) is 103 Å². The number of fused-ring (bicyclic) bond motifs is 4. The fraction of sp³-hybridized carbons (Fsp3) is 0.244. The van der Waals surface area contributed by atoms with E-state index in [0.717, 1.165) is 69.0 Å². The Labute approximate surface area is 316 Å². The smallest absolute Gasteiger partial charge is 0.138 e. The van der Waals surface area contributed by atoms with Gasteiger partial charge in [0.2, 0.25) is 0 Å². The number of pyridine rings is 2. The van der Waals surface area contributed by atoms with Crippen molar-refractivity contribution < 1.29 is 29.6 Å². The molecule has 2 aliphatic rings. The summed E-state index contributed by atoms with van der Waals surface area (Å²) in [5.74, 6) is 3.06. The number of para-hydroxylation sites is 4. The Morgan fingerprint density at radius 2 is 1.39 bits per heavy atom. The SMILES string of the molecule is CC(C)(C)Cc1ccnc(-c2[c-]cc3c4c2Oc2ccccc2N4c2ccccc2O3)c1.Cc1c[c-]c(-c2cc(C)c(C(C)(C)C)cn2)cc1.[Ir]. The average Bonchev–Trinajstić information content (AvgIpc) is 3.07. The number of benzene rings is 4. The summed E-state index contributed by atoms with van der Waals surface area (Å²) in [6, 6.07) is 37.3. The van der Waals surface area contributed by atoms with E-state index in [-0.39, 0.29) is 30.9 Å². The van der Waals surface area contributed by atoms with E-state index in [2.05, 4.69) is 125 Å². The van der Waals surface area contributed by atoms with Crippen molar-refractivity contribution in [3.05, 3.63) is 138 Å². The summed E-state index contributed by atoms with van der Waals surface area (Å²) in [7, 11) is 0. The molecule has 0 N–H and O–H groups in total. The molecule has 4 heterocycles. The number of ether oxygens (including phenoxy) is 2. The van der Waals surface area contributed by atoms with Crippen LogP contribution in [0.5, 0.6) is 23.0 Å². The van der Waals surface area contributed by atoms with E-state index < -0.39 is 0 Å². The Kier molecular flexibility index (Phi) is 9.96. The molecule has 261 valence electrons.